The third kappa shape index (κ3) is 3.00. The molecule has 1 amide bonds. The highest BCUT2D eigenvalue weighted by Gasteiger charge is 2.35. The van der Waals surface area contributed by atoms with E-state index in [4.69, 9.17) is 15.2 Å². The maximum absolute atomic E-state index is 11.9. The van der Waals surface area contributed by atoms with Gasteiger partial charge < -0.3 is 20.1 Å². The maximum atomic E-state index is 11.9. The van der Waals surface area contributed by atoms with Crippen LogP contribution in [-0.4, -0.2) is 42.0 Å². The van der Waals surface area contributed by atoms with E-state index in [0.29, 0.717) is 31.1 Å². The minimum absolute atomic E-state index is 0.0461. The molecule has 2 N–H and O–H groups in total. The number of nitrogen functional groups attached to an aromatic ring is 1. The lowest BCUT2D eigenvalue weighted by atomic mass is 10.1. The molecule has 1 saturated heterocycles. The third-order valence-corrected chi connectivity index (χ3v) is 3.56. The van der Waals surface area contributed by atoms with E-state index >= 15 is 0 Å². The summed E-state index contributed by atoms with van der Waals surface area (Å²) in [5.74, 6) is 0.665. The van der Waals surface area contributed by atoms with E-state index in [-0.39, 0.29) is 12.2 Å². The first-order chi connectivity index (χ1) is 10.3. The largest absolute Gasteiger partial charge is 0.485 e. The number of fused-ring (bicyclic) bond motifs is 1. The van der Waals surface area contributed by atoms with Gasteiger partial charge in [0.1, 0.15) is 17.5 Å². The highest BCUT2D eigenvalue weighted by atomic mass is 16.6. The summed E-state index contributed by atoms with van der Waals surface area (Å²) in [7, 11) is 0. The third-order valence-electron chi connectivity index (χ3n) is 3.56. The highest BCUT2D eigenvalue weighted by Crippen LogP contribution is 2.30. The van der Waals surface area contributed by atoms with Crippen molar-refractivity contribution in [2.24, 2.45) is 4.99 Å². The van der Waals surface area contributed by atoms with Gasteiger partial charge in [0.15, 0.2) is 0 Å². The van der Waals surface area contributed by atoms with Gasteiger partial charge in [-0.1, -0.05) is 0 Å². The Hall–Kier alpha value is -2.24. The Morgan fingerprint density at radius 2 is 2.09 bits per heavy atom. The zero-order valence-corrected chi connectivity index (χ0v) is 13.1. The minimum Gasteiger partial charge on any atom is -0.485 e. The van der Waals surface area contributed by atoms with Gasteiger partial charge in [0.2, 0.25) is 0 Å². The van der Waals surface area contributed by atoms with Crippen molar-refractivity contribution in [3.8, 4) is 5.75 Å². The van der Waals surface area contributed by atoms with Crippen LogP contribution in [0.25, 0.3) is 0 Å². The monoisotopic (exact) mass is 303 g/mol. The molecule has 1 fully saturated rings. The average molecular weight is 303 g/mol. The van der Waals surface area contributed by atoms with Crippen LogP contribution in [0, 0.1) is 0 Å². The summed E-state index contributed by atoms with van der Waals surface area (Å²) in [6.45, 7) is 7.26. The fourth-order valence-corrected chi connectivity index (χ4v) is 2.43. The van der Waals surface area contributed by atoms with E-state index in [1.54, 1.807) is 4.90 Å². The first kappa shape index (κ1) is 14.7. The van der Waals surface area contributed by atoms with E-state index < -0.39 is 5.60 Å². The number of likely N-dealkylation sites (tertiary alicyclic amines) is 1. The number of carbonyl (C=O) groups excluding carboxylic acids is 1. The van der Waals surface area contributed by atoms with Crippen molar-refractivity contribution >= 4 is 18.0 Å². The van der Waals surface area contributed by atoms with Crippen molar-refractivity contribution in [3.63, 3.8) is 0 Å². The van der Waals surface area contributed by atoms with Crippen LogP contribution in [0.3, 0.4) is 0 Å². The molecule has 1 aromatic carbocycles. The minimum atomic E-state index is -0.479. The van der Waals surface area contributed by atoms with Crippen LogP contribution in [0.5, 0.6) is 5.75 Å². The molecule has 0 bridgehead atoms. The summed E-state index contributed by atoms with van der Waals surface area (Å²) in [5, 5.41) is 0. The number of hydrogen-bond acceptors (Lipinski definition) is 5. The van der Waals surface area contributed by atoms with E-state index in [1.807, 2.05) is 39.1 Å². The molecule has 1 aromatic rings. The molecule has 0 spiro atoms. The Morgan fingerprint density at radius 1 is 1.36 bits per heavy atom. The summed E-state index contributed by atoms with van der Waals surface area (Å²) in [4.78, 5) is 17.7. The second-order valence-corrected chi connectivity index (χ2v) is 6.68. The summed E-state index contributed by atoms with van der Waals surface area (Å²) in [6.07, 6.45) is 1.47. The molecular weight excluding hydrogens is 282 g/mol. The van der Waals surface area contributed by atoms with Crippen LogP contribution in [0.15, 0.2) is 17.1 Å². The zero-order chi connectivity index (χ0) is 15.9. The zero-order valence-electron chi connectivity index (χ0n) is 13.1. The first-order valence-electron chi connectivity index (χ1n) is 7.38. The van der Waals surface area contributed by atoms with Crippen LogP contribution >= 0.6 is 0 Å². The summed E-state index contributed by atoms with van der Waals surface area (Å²) >= 11 is 0. The molecule has 0 aromatic heterocycles. The van der Waals surface area contributed by atoms with Crippen molar-refractivity contribution in [1.82, 2.24) is 4.90 Å². The number of benzene rings is 1. The molecule has 0 unspecified atom stereocenters. The van der Waals surface area contributed by atoms with Crippen molar-refractivity contribution in [2.75, 3.05) is 18.8 Å². The molecule has 0 atom stereocenters. The number of anilines is 1. The molecule has 2 aliphatic rings. The Labute approximate surface area is 129 Å². The normalized spacial score (nSPS) is 17.1. The van der Waals surface area contributed by atoms with Crippen LogP contribution < -0.4 is 10.5 Å². The fraction of sp³-hybridized carbons (Fsp3) is 0.500. The van der Waals surface area contributed by atoms with E-state index in [1.165, 1.54) is 0 Å². The summed E-state index contributed by atoms with van der Waals surface area (Å²) in [5.41, 5.74) is 8.30. The Morgan fingerprint density at radius 3 is 2.77 bits per heavy atom. The number of amides is 1. The summed E-state index contributed by atoms with van der Waals surface area (Å²) in [6, 6.07) is 3.82. The topological polar surface area (TPSA) is 77.1 Å². The number of hydrogen-bond donors (Lipinski definition) is 1. The van der Waals surface area contributed by atoms with Gasteiger partial charge in [-0.2, -0.15) is 0 Å². The van der Waals surface area contributed by atoms with E-state index in [9.17, 15) is 4.79 Å². The number of carbonyl (C=O) groups is 1. The molecule has 3 rings (SSSR count). The number of nitrogens with zero attached hydrogens (tertiary/aromatic N) is 2. The molecule has 2 heterocycles. The lowest BCUT2D eigenvalue weighted by Crippen LogP contribution is -2.57. The number of ether oxygens (including phenoxy) is 2. The lowest BCUT2D eigenvalue weighted by molar-refractivity contribution is -0.0219. The van der Waals surface area contributed by atoms with Gasteiger partial charge in [0.05, 0.1) is 25.3 Å². The number of nitrogens with two attached hydrogens (primary N) is 1. The van der Waals surface area contributed by atoms with Gasteiger partial charge in [0, 0.05) is 6.21 Å². The summed E-state index contributed by atoms with van der Waals surface area (Å²) < 4.78 is 11.2. The standard InChI is InChI=1S/C16H21N3O3/c1-16(2,3)22-15(20)19-8-12(9-19)21-14-5-11-7-18-6-10(11)4-13(14)17/h4-6,12H,7-9,17H2,1-3H3. The van der Waals surface area contributed by atoms with Gasteiger partial charge in [-0.05, 0) is 44.0 Å². The van der Waals surface area contributed by atoms with Crippen LogP contribution in [-0.2, 0) is 11.3 Å². The van der Waals surface area contributed by atoms with Crippen molar-refractivity contribution in [1.29, 1.82) is 0 Å². The van der Waals surface area contributed by atoms with Crippen molar-refractivity contribution in [2.45, 2.75) is 39.0 Å². The molecule has 22 heavy (non-hydrogen) atoms. The predicted molar refractivity (Wildman–Crippen MR) is 84.4 cm³/mol. The molecule has 2 aliphatic heterocycles. The quantitative estimate of drug-likeness (QED) is 0.850. The van der Waals surface area contributed by atoms with Gasteiger partial charge in [-0.15, -0.1) is 0 Å². The second kappa shape index (κ2) is 5.19. The maximum Gasteiger partial charge on any atom is 0.410 e. The van der Waals surface area contributed by atoms with E-state index in [0.717, 1.165) is 11.1 Å². The Balaban J connectivity index is 1.56. The highest BCUT2D eigenvalue weighted by molar-refractivity contribution is 5.87. The Bertz CT molecular complexity index is 628. The molecule has 6 heteroatoms. The van der Waals surface area contributed by atoms with Gasteiger partial charge >= 0.3 is 6.09 Å². The number of aliphatic imine (C=N–C) groups is 1. The predicted octanol–water partition coefficient (Wildman–Crippen LogP) is 2.20. The molecule has 6 nitrogen and oxygen atoms in total. The number of rotatable bonds is 2. The average Bonchev–Trinajstić information content (AvgIpc) is 2.77. The molecule has 118 valence electrons. The van der Waals surface area contributed by atoms with Crippen molar-refractivity contribution < 1.29 is 14.3 Å². The van der Waals surface area contributed by atoms with Gasteiger partial charge in [-0.25, -0.2) is 4.79 Å². The van der Waals surface area contributed by atoms with Gasteiger partial charge in [0.25, 0.3) is 0 Å². The SMILES string of the molecule is CC(C)(C)OC(=O)N1CC(Oc2cc3c(cc2N)C=NC3)C1. The van der Waals surface area contributed by atoms with Crippen molar-refractivity contribution in [3.05, 3.63) is 23.3 Å². The van der Waals surface area contributed by atoms with Gasteiger partial charge in [-0.3, -0.25) is 4.99 Å². The second-order valence-electron chi connectivity index (χ2n) is 6.68. The van der Waals surface area contributed by atoms with Crippen LogP contribution in [0.4, 0.5) is 10.5 Å². The molecular formula is C16H21N3O3. The van der Waals surface area contributed by atoms with Crippen LogP contribution in [0.1, 0.15) is 31.9 Å². The first-order valence-corrected chi connectivity index (χ1v) is 7.38. The molecule has 0 saturated carbocycles. The molecule has 0 radical (unpaired) electrons. The van der Waals surface area contributed by atoms with E-state index in [2.05, 4.69) is 4.99 Å². The Kier molecular flexibility index (Phi) is 3.47. The smallest absolute Gasteiger partial charge is 0.410 e. The molecule has 0 aliphatic carbocycles. The van der Waals surface area contributed by atoms with Crippen LogP contribution in [0.2, 0.25) is 0 Å². The lowest BCUT2D eigenvalue weighted by Gasteiger charge is -2.39. The fourth-order valence-electron chi connectivity index (χ4n) is 2.43.